The Kier molecular flexibility index (Phi) is 3.79. The smallest absolute Gasteiger partial charge is 0.309 e. The van der Waals surface area contributed by atoms with E-state index in [-0.39, 0.29) is 11.6 Å². The summed E-state index contributed by atoms with van der Waals surface area (Å²) < 4.78 is 15.2. The zero-order valence-electron chi connectivity index (χ0n) is 11.2. The number of rotatable bonds is 3. The van der Waals surface area contributed by atoms with Gasteiger partial charge < -0.3 is 14.2 Å². The molecule has 0 saturated heterocycles. The van der Waals surface area contributed by atoms with Crippen LogP contribution in [0, 0.1) is 0 Å². The predicted molar refractivity (Wildman–Crippen MR) is 68.7 cm³/mol. The number of ether oxygens (including phenoxy) is 3. The Morgan fingerprint density at radius 3 is 2.30 bits per heavy atom. The van der Waals surface area contributed by atoms with Crippen LogP contribution in [0.25, 0.3) is 10.9 Å². The molecule has 0 amide bonds. The van der Waals surface area contributed by atoms with Crippen LogP contribution in [-0.4, -0.2) is 29.0 Å². The Hall–Kier alpha value is -2.70. The number of carbonyl (C=O) groups is 2. The molecular weight excluding hydrogens is 264 g/mol. The Balaban J connectivity index is 2.62. The van der Waals surface area contributed by atoms with E-state index in [2.05, 4.69) is 9.97 Å². The molecule has 7 heteroatoms. The molecule has 1 aromatic heterocycles. The van der Waals surface area contributed by atoms with Crippen LogP contribution in [0.15, 0.2) is 18.5 Å². The highest BCUT2D eigenvalue weighted by atomic mass is 16.6. The minimum absolute atomic E-state index is 0.0959. The average Bonchev–Trinajstić information content (AvgIpc) is 2.37. The van der Waals surface area contributed by atoms with Crippen molar-refractivity contribution in [3.63, 3.8) is 0 Å². The van der Waals surface area contributed by atoms with Crippen molar-refractivity contribution in [3.05, 3.63) is 18.5 Å². The van der Waals surface area contributed by atoms with Crippen LogP contribution in [0.1, 0.15) is 13.8 Å². The first-order valence-electron chi connectivity index (χ1n) is 5.71. The van der Waals surface area contributed by atoms with Gasteiger partial charge in [0, 0.05) is 19.9 Å². The molecule has 104 valence electrons. The summed E-state index contributed by atoms with van der Waals surface area (Å²) in [7, 11) is 1.45. The molecule has 0 radical (unpaired) electrons. The van der Waals surface area contributed by atoms with Gasteiger partial charge in [-0.25, -0.2) is 9.97 Å². The number of hydrogen-bond acceptors (Lipinski definition) is 7. The second kappa shape index (κ2) is 5.52. The number of esters is 2. The third kappa shape index (κ3) is 2.82. The van der Waals surface area contributed by atoms with E-state index in [4.69, 9.17) is 14.2 Å². The monoisotopic (exact) mass is 276 g/mol. The molecule has 0 saturated carbocycles. The van der Waals surface area contributed by atoms with Gasteiger partial charge in [0.2, 0.25) is 5.88 Å². The molecule has 1 heterocycles. The molecular formula is C13H12N2O5. The highest BCUT2D eigenvalue weighted by molar-refractivity contribution is 5.89. The molecule has 2 rings (SSSR count). The van der Waals surface area contributed by atoms with Crippen molar-refractivity contribution >= 4 is 22.8 Å². The van der Waals surface area contributed by atoms with Gasteiger partial charge in [-0.3, -0.25) is 9.59 Å². The second-order valence-electron chi connectivity index (χ2n) is 3.89. The number of carbonyl (C=O) groups excluding carboxylic acids is 2. The van der Waals surface area contributed by atoms with E-state index < -0.39 is 11.9 Å². The van der Waals surface area contributed by atoms with Crippen LogP contribution in [0.4, 0.5) is 0 Å². The fourth-order valence-corrected chi connectivity index (χ4v) is 1.65. The number of hydrogen-bond donors (Lipinski definition) is 0. The summed E-state index contributed by atoms with van der Waals surface area (Å²) in [5.74, 6) is -0.349. The molecule has 20 heavy (non-hydrogen) atoms. The Labute approximate surface area is 114 Å². The summed E-state index contributed by atoms with van der Waals surface area (Å²) >= 11 is 0. The number of nitrogens with zero attached hydrogens (tertiary/aromatic N) is 2. The fourth-order valence-electron chi connectivity index (χ4n) is 1.65. The van der Waals surface area contributed by atoms with Crippen LogP contribution in [0.3, 0.4) is 0 Å². The van der Waals surface area contributed by atoms with E-state index >= 15 is 0 Å². The van der Waals surface area contributed by atoms with Crippen molar-refractivity contribution in [2.75, 3.05) is 7.11 Å². The lowest BCUT2D eigenvalue weighted by Gasteiger charge is -2.10. The second-order valence-corrected chi connectivity index (χ2v) is 3.89. The predicted octanol–water partition coefficient (Wildman–Crippen LogP) is 1.49. The third-order valence-corrected chi connectivity index (χ3v) is 2.38. The molecule has 0 aliphatic heterocycles. The van der Waals surface area contributed by atoms with E-state index in [1.165, 1.54) is 33.4 Å². The normalized spacial score (nSPS) is 10.2. The Morgan fingerprint density at radius 1 is 1.00 bits per heavy atom. The van der Waals surface area contributed by atoms with Gasteiger partial charge in [-0.05, 0) is 6.07 Å². The van der Waals surface area contributed by atoms with Crippen molar-refractivity contribution in [1.82, 2.24) is 9.97 Å². The zero-order chi connectivity index (χ0) is 14.7. The van der Waals surface area contributed by atoms with Crippen molar-refractivity contribution in [1.29, 1.82) is 0 Å². The van der Waals surface area contributed by atoms with Crippen LogP contribution < -0.4 is 14.2 Å². The molecule has 0 fully saturated rings. The number of fused-ring (bicyclic) bond motifs is 1. The highest BCUT2D eigenvalue weighted by Crippen LogP contribution is 2.34. The summed E-state index contributed by atoms with van der Waals surface area (Å²) in [5.41, 5.74) is 0.504. The van der Waals surface area contributed by atoms with Crippen molar-refractivity contribution in [2.45, 2.75) is 13.8 Å². The summed E-state index contributed by atoms with van der Waals surface area (Å²) in [6.45, 7) is 2.54. The van der Waals surface area contributed by atoms with Crippen LogP contribution in [0.2, 0.25) is 0 Å². The lowest BCUT2D eigenvalue weighted by molar-refractivity contribution is -0.133. The fraction of sp³-hybridized carbons (Fsp3) is 0.231. The first-order valence-corrected chi connectivity index (χ1v) is 5.71. The lowest BCUT2D eigenvalue weighted by atomic mass is 10.2. The van der Waals surface area contributed by atoms with Gasteiger partial charge in [0.05, 0.1) is 18.0 Å². The van der Waals surface area contributed by atoms with Gasteiger partial charge in [-0.1, -0.05) is 0 Å². The van der Waals surface area contributed by atoms with Gasteiger partial charge in [-0.2, -0.15) is 0 Å². The van der Waals surface area contributed by atoms with E-state index in [9.17, 15) is 9.59 Å². The maximum atomic E-state index is 11.1. The van der Waals surface area contributed by atoms with Gasteiger partial charge >= 0.3 is 11.9 Å². The summed E-state index contributed by atoms with van der Waals surface area (Å²) in [6, 6.07) is 3.07. The molecule has 2 aromatic rings. The molecule has 0 atom stereocenters. The summed E-state index contributed by atoms with van der Waals surface area (Å²) in [5, 5.41) is 0.444. The summed E-state index contributed by atoms with van der Waals surface area (Å²) in [6.07, 6.45) is 1.27. The molecule has 7 nitrogen and oxygen atoms in total. The highest BCUT2D eigenvalue weighted by Gasteiger charge is 2.14. The van der Waals surface area contributed by atoms with Crippen LogP contribution in [0.5, 0.6) is 17.4 Å². The SMILES string of the molecule is COc1cc2ncnc(OC(C)=O)c2cc1OC(C)=O. The van der Waals surface area contributed by atoms with E-state index in [1.54, 1.807) is 6.07 Å². The molecule has 0 unspecified atom stereocenters. The zero-order valence-corrected chi connectivity index (χ0v) is 11.2. The number of benzene rings is 1. The molecule has 0 aliphatic rings. The third-order valence-electron chi connectivity index (χ3n) is 2.38. The first-order chi connectivity index (χ1) is 9.51. The topological polar surface area (TPSA) is 87.6 Å². The maximum absolute atomic E-state index is 11.1. The number of aromatic nitrogens is 2. The van der Waals surface area contributed by atoms with Gasteiger partial charge in [-0.15, -0.1) is 0 Å². The van der Waals surface area contributed by atoms with Crippen LogP contribution >= 0.6 is 0 Å². The lowest BCUT2D eigenvalue weighted by Crippen LogP contribution is -2.06. The number of methoxy groups -OCH3 is 1. The molecule has 0 aliphatic carbocycles. The maximum Gasteiger partial charge on any atom is 0.309 e. The Morgan fingerprint density at radius 2 is 1.70 bits per heavy atom. The van der Waals surface area contributed by atoms with Crippen molar-refractivity contribution < 1.29 is 23.8 Å². The largest absolute Gasteiger partial charge is 0.493 e. The average molecular weight is 276 g/mol. The minimum Gasteiger partial charge on any atom is -0.493 e. The minimum atomic E-state index is -0.505. The van der Waals surface area contributed by atoms with Crippen molar-refractivity contribution in [3.8, 4) is 17.4 Å². The quantitative estimate of drug-likeness (QED) is 0.619. The standard InChI is InChI=1S/C13H12N2O5/c1-7(16)19-12-4-9-10(5-11(12)18-3)14-6-15-13(9)20-8(2)17/h4-6H,1-3H3. The molecule has 0 bridgehead atoms. The van der Waals surface area contributed by atoms with E-state index in [0.29, 0.717) is 16.7 Å². The van der Waals surface area contributed by atoms with E-state index in [0.717, 1.165) is 0 Å². The van der Waals surface area contributed by atoms with Gasteiger partial charge in [0.1, 0.15) is 6.33 Å². The first kappa shape index (κ1) is 13.7. The molecule has 0 N–H and O–H groups in total. The van der Waals surface area contributed by atoms with Crippen molar-refractivity contribution in [2.24, 2.45) is 0 Å². The summed E-state index contributed by atoms with van der Waals surface area (Å²) in [4.78, 5) is 30.1. The Bertz CT molecular complexity index is 684. The molecule has 0 spiro atoms. The molecule has 1 aromatic carbocycles. The van der Waals surface area contributed by atoms with Gasteiger partial charge in [0.25, 0.3) is 0 Å². The van der Waals surface area contributed by atoms with Crippen LogP contribution in [-0.2, 0) is 9.59 Å². The van der Waals surface area contributed by atoms with E-state index in [1.807, 2.05) is 0 Å². The van der Waals surface area contributed by atoms with Gasteiger partial charge in [0.15, 0.2) is 11.5 Å².